The van der Waals surface area contributed by atoms with Crippen LogP contribution in [0, 0.1) is 0 Å². The van der Waals surface area contributed by atoms with Crippen molar-refractivity contribution in [2.24, 2.45) is 0 Å². The SMILES string of the molecule is CC(C(=O)N1CCCC1)N(CC(=O)O)C1CCCC1. The summed E-state index contributed by atoms with van der Waals surface area (Å²) < 4.78 is 0. The molecule has 108 valence electrons. The highest BCUT2D eigenvalue weighted by Gasteiger charge is 2.34. The maximum atomic E-state index is 12.4. The molecule has 1 atom stereocenters. The van der Waals surface area contributed by atoms with E-state index in [0.717, 1.165) is 51.6 Å². The first-order chi connectivity index (χ1) is 9.09. The molecule has 0 aromatic carbocycles. The van der Waals surface area contributed by atoms with Crippen LogP contribution >= 0.6 is 0 Å². The van der Waals surface area contributed by atoms with Gasteiger partial charge in [-0.2, -0.15) is 0 Å². The highest BCUT2D eigenvalue weighted by atomic mass is 16.4. The van der Waals surface area contributed by atoms with Crippen LogP contribution in [0.2, 0.25) is 0 Å². The number of amides is 1. The average Bonchev–Trinajstić information content (AvgIpc) is 3.05. The maximum absolute atomic E-state index is 12.4. The molecule has 0 radical (unpaired) electrons. The topological polar surface area (TPSA) is 60.9 Å². The third-order valence-corrected chi connectivity index (χ3v) is 4.38. The van der Waals surface area contributed by atoms with Gasteiger partial charge in [0.05, 0.1) is 12.6 Å². The second kappa shape index (κ2) is 6.37. The highest BCUT2D eigenvalue weighted by Crippen LogP contribution is 2.26. The lowest BCUT2D eigenvalue weighted by molar-refractivity contribution is -0.143. The molecule has 5 nitrogen and oxygen atoms in total. The molecule has 2 aliphatic rings. The molecule has 0 aromatic rings. The molecule has 0 bridgehead atoms. The first-order valence-electron chi connectivity index (χ1n) is 7.36. The van der Waals surface area contributed by atoms with Gasteiger partial charge >= 0.3 is 5.97 Å². The molecule has 2 rings (SSSR count). The smallest absolute Gasteiger partial charge is 0.317 e. The number of carboxylic acid groups (broad SMARTS) is 1. The van der Waals surface area contributed by atoms with Crippen LogP contribution in [0.25, 0.3) is 0 Å². The third kappa shape index (κ3) is 3.47. The van der Waals surface area contributed by atoms with Crippen molar-refractivity contribution < 1.29 is 14.7 Å². The average molecular weight is 268 g/mol. The summed E-state index contributed by atoms with van der Waals surface area (Å²) in [6.07, 6.45) is 6.47. The van der Waals surface area contributed by atoms with Crippen LogP contribution in [0.5, 0.6) is 0 Å². The first-order valence-corrected chi connectivity index (χ1v) is 7.36. The molecule has 1 amide bonds. The van der Waals surface area contributed by atoms with Crippen molar-refractivity contribution in [1.29, 1.82) is 0 Å². The van der Waals surface area contributed by atoms with Gasteiger partial charge in [0, 0.05) is 19.1 Å². The highest BCUT2D eigenvalue weighted by molar-refractivity contribution is 5.82. The Kier molecular flexibility index (Phi) is 4.80. The molecule has 1 aliphatic carbocycles. The Labute approximate surface area is 114 Å². The minimum atomic E-state index is -0.840. The van der Waals surface area contributed by atoms with Gasteiger partial charge in [-0.1, -0.05) is 12.8 Å². The summed E-state index contributed by atoms with van der Waals surface area (Å²) in [5, 5.41) is 9.07. The predicted octanol–water partition coefficient (Wildman–Crippen LogP) is 1.33. The van der Waals surface area contributed by atoms with Gasteiger partial charge in [-0.25, -0.2) is 0 Å². The maximum Gasteiger partial charge on any atom is 0.317 e. The normalized spacial score (nSPS) is 22.1. The van der Waals surface area contributed by atoms with E-state index in [-0.39, 0.29) is 24.5 Å². The molecule has 1 N–H and O–H groups in total. The summed E-state index contributed by atoms with van der Waals surface area (Å²) >= 11 is 0. The lowest BCUT2D eigenvalue weighted by Gasteiger charge is -2.34. The van der Waals surface area contributed by atoms with Gasteiger partial charge in [0.2, 0.25) is 5.91 Å². The standard InChI is InChI=1S/C14H24N2O3/c1-11(14(19)15-8-4-5-9-15)16(10-13(17)18)12-6-2-3-7-12/h11-12H,2-10H2,1H3,(H,17,18). The second-order valence-electron chi connectivity index (χ2n) is 5.71. The number of nitrogens with zero attached hydrogens (tertiary/aromatic N) is 2. The fourth-order valence-corrected chi connectivity index (χ4v) is 3.32. The van der Waals surface area contributed by atoms with Crippen molar-refractivity contribution in [3.63, 3.8) is 0 Å². The molecule has 2 fully saturated rings. The number of hydrogen-bond acceptors (Lipinski definition) is 3. The Morgan fingerprint density at radius 2 is 1.79 bits per heavy atom. The summed E-state index contributed by atoms with van der Waals surface area (Å²) in [6.45, 7) is 3.50. The third-order valence-electron chi connectivity index (χ3n) is 4.38. The number of rotatable bonds is 5. The zero-order valence-corrected chi connectivity index (χ0v) is 11.7. The molecule has 1 unspecified atom stereocenters. The van der Waals surface area contributed by atoms with E-state index in [0.29, 0.717) is 0 Å². The van der Waals surface area contributed by atoms with E-state index < -0.39 is 5.97 Å². The van der Waals surface area contributed by atoms with Crippen LogP contribution < -0.4 is 0 Å². The van der Waals surface area contributed by atoms with Crippen molar-refractivity contribution in [2.45, 2.75) is 57.5 Å². The summed E-state index contributed by atoms with van der Waals surface area (Å²) in [7, 11) is 0. The van der Waals surface area contributed by atoms with Crippen molar-refractivity contribution >= 4 is 11.9 Å². The van der Waals surface area contributed by atoms with E-state index in [1.807, 2.05) is 16.7 Å². The van der Waals surface area contributed by atoms with Crippen LogP contribution in [0.1, 0.15) is 45.4 Å². The van der Waals surface area contributed by atoms with Crippen LogP contribution in [0.4, 0.5) is 0 Å². The minimum Gasteiger partial charge on any atom is -0.480 e. The van der Waals surface area contributed by atoms with Crippen LogP contribution in [-0.4, -0.2) is 58.5 Å². The molecule has 0 aromatic heterocycles. The largest absolute Gasteiger partial charge is 0.480 e. The number of carbonyl (C=O) groups is 2. The second-order valence-corrected chi connectivity index (χ2v) is 5.71. The van der Waals surface area contributed by atoms with Crippen molar-refractivity contribution in [1.82, 2.24) is 9.80 Å². The number of carbonyl (C=O) groups excluding carboxylic acids is 1. The van der Waals surface area contributed by atoms with Gasteiger partial charge in [0.1, 0.15) is 0 Å². The molecule has 19 heavy (non-hydrogen) atoms. The monoisotopic (exact) mass is 268 g/mol. The minimum absolute atomic E-state index is 0.0224. The zero-order valence-electron chi connectivity index (χ0n) is 11.7. The Morgan fingerprint density at radius 3 is 2.32 bits per heavy atom. The van der Waals surface area contributed by atoms with Gasteiger partial charge < -0.3 is 10.0 Å². The van der Waals surface area contributed by atoms with Gasteiger partial charge in [-0.05, 0) is 32.6 Å². The predicted molar refractivity (Wildman–Crippen MR) is 71.9 cm³/mol. The quantitative estimate of drug-likeness (QED) is 0.817. The molecular formula is C14H24N2O3. The van der Waals surface area contributed by atoms with Crippen LogP contribution in [0.15, 0.2) is 0 Å². The lowest BCUT2D eigenvalue weighted by atomic mass is 10.1. The molecular weight excluding hydrogens is 244 g/mol. The van der Waals surface area contributed by atoms with Gasteiger partial charge in [0.15, 0.2) is 0 Å². The van der Waals surface area contributed by atoms with Gasteiger partial charge in [-0.3, -0.25) is 14.5 Å². The first kappa shape index (κ1) is 14.3. The van der Waals surface area contributed by atoms with Crippen molar-refractivity contribution in [3.05, 3.63) is 0 Å². The molecule has 0 spiro atoms. The Balaban J connectivity index is 2.02. The number of hydrogen-bond donors (Lipinski definition) is 1. The van der Waals surface area contributed by atoms with Crippen LogP contribution in [-0.2, 0) is 9.59 Å². The van der Waals surface area contributed by atoms with E-state index in [2.05, 4.69) is 0 Å². The molecule has 1 saturated heterocycles. The van der Waals surface area contributed by atoms with E-state index in [9.17, 15) is 9.59 Å². The number of aliphatic carboxylic acids is 1. The van der Waals surface area contributed by atoms with E-state index in [1.165, 1.54) is 0 Å². The fraction of sp³-hybridized carbons (Fsp3) is 0.857. The Hall–Kier alpha value is -1.10. The Morgan fingerprint density at radius 1 is 1.21 bits per heavy atom. The van der Waals surface area contributed by atoms with Crippen LogP contribution in [0.3, 0.4) is 0 Å². The lowest BCUT2D eigenvalue weighted by Crippen LogP contribution is -2.51. The van der Waals surface area contributed by atoms with Crippen molar-refractivity contribution in [2.75, 3.05) is 19.6 Å². The zero-order chi connectivity index (χ0) is 13.8. The fourth-order valence-electron chi connectivity index (χ4n) is 3.32. The summed E-state index contributed by atoms with van der Waals surface area (Å²) in [5.74, 6) is -0.737. The van der Waals surface area contributed by atoms with E-state index in [4.69, 9.17) is 5.11 Å². The van der Waals surface area contributed by atoms with E-state index in [1.54, 1.807) is 0 Å². The Bertz CT molecular complexity index is 334. The summed E-state index contributed by atoms with van der Waals surface area (Å²) in [5.41, 5.74) is 0. The van der Waals surface area contributed by atoms with Gasteiger partial charge in [0.25, 0.3) is 0 Å². The molecule has 1 aliphatic heterocycles. The molecule has 5 heteroatoms. The summed E-state index contributed by atoms with van der Waals surface area (Å²) in [4.78, 5) is 27.2. The number of carboxylic acids is 1. The molecule has 1 heterocycles. The number of likely N-dealkylation sites (tertiary alicyclic amines) is 1. The summed E-state index contributed by atoms with van der Waals surface area (Å²) in [6, 6.07) is -0.0463. The van der Waals surface area contributed by atoms with E-state index >= 15 is 0 Å². The molecule has 1 saturated carbocycles. The van der Waals surface area contributed by atoms with Crippen molar-refractivity contribution in [3.8, 4) is 0 Å². The van der Waals surface area contributed by atoms with Gasteiger partial charge in [-0.15, -0.1) is 0 Å².